The molecule has 1 unspecified atom stereocenters. The van der Waals surface area contributed by atoms with Crippen LogP contribution in [0.3, 0.4) is 0 Å². The smallest absolute Gasteiger partial charge is 0.125 e. The maximum atomic E-state index is 8.86. The van der Waals surface area contributed by atoms with E-state index in [0.717, 1.165) is 18.9 Å². The van der Waals surface area contributed by atoms with Crippen LogP contribution in [0.4, 0.5) is 0 Å². The number of amidine groups is 1. The molecule has 3 nitrogen and oxygen atoms in total. The Balaban J connectivity index is 0.000000640. The van der Waals surface area contributed by atoms with Crippen molar-refractivity contribution >= 4 is 18.2 Å². The summed E-state index contributed by atoms with van der Waals surface area (Å²) in [7, 11) is 0. The maximum Gasteiger partial charge on any atom is 0.125 e. The molecule has 0 amide bonds. The fourth-order valence-electron chi connectivity index (χ4n) is 0.696. The number of hydrogen-bond donors (Lipinski definition) is 2. The van der Waals surface area contributed by atoms with Crippen molar-refractivity contribution in [3.05, 3.63) is 0 Å². The quantitative estimate of drug-likeness (QED) is 0.544. The standard InChI is InChI=1S/C5H10N2O.ClH/c1-4(8)5-6-2-3-7-5;/h4,8H,2-3H2,1H3,(H,6,7);1H. The number of aliphatic imine (C=N–C) groups is 1. The molecule has 0 saturated heterocycles. The Labute approximate surface area is 60.6 Å². The fraction of sp³-hybridized carbons (Fsp3) is 0.800. The molecule has 1 aliphatic heterocycles. The third-order valence-electron chi connectivity index (χ3n) is 1.10. The van der Waals surface area contributed by atoms with Crippen molar-refractivity contribution in [2.75, 3.05) is 13.1 Å². The summed E-state index contributed by atoms with van der Waals surface area (Å²) in [6.07, 6.45) is -0.419. The number of nitrogens with zero attached hydrogens (tertiary/aromatic N) is 1. The molecule has 0 bridgehead atoms. The van der Waals surface area contributed by atoms with E-state index in [-0.39, 0.29) is 12.4 Å². The summed E-state index contributed by atoms with van der Waals surface area (Å²) in [5, 5.41) is 11.8. The van der Waals surface area contributed by atoms with E-state index >= 15 is 0 Å². The summed E-state index contributed by atoms with van der Waals surface area (Å²) in [6.45, 7) is 3.39. The van der Waals surface area contributed by atoms with E-state index in [1.165, 1.54) is 0 Å². The van der Waals surface area contributed by atoms with Crippen LogP contribution in [0.1, 0.15) is 6.92 Å². The van der Waals surface area contributed by atoms with Gasteiger partial charge in [0.2, 0.25) is 0 Å². The molecule has 0 aromatic rings. The molecule has 54 valence electrons. The SMILES string of the molecule is CC(O)C1=NCCN1.Cl. The first kappa shape index (κ1) is 8.72. The van der Waals surface area contributed by atoms with Crippen LogP contribution in [0.25, 0.3) is 0 Å². The number of nitrogens with one attached hydrogen (secondary N) is 1. The fourth-order valence-corrected chi connectivity index (χ4v) is 0.696. The Morgan fingerprint density at radius 3 is 2.67 bits per heavy atom. The van der Waals surface area contributed by atoms with Gasteiger partial charge in [0.05, 0.1) is 6.54 Å². The minimum absolute atomic E-state index is 0. The van der Waals surface area contributed by atoms with Crippen molar-refractivity contribution in [3.63, 3.8) is 0 Å². The number of hydrogen-bond acceptors (Lipinski definition) is 3. The lowest BCUT2D eigenvalue weighted by Gasteiger charge is -2.02. The van der Waals surface area contributed by atoms with Crippen LogP contribution in [0.2, 0.25) is 0 Å². The molecule has 1 rings (SSSR count). The van der Waals surface area contributed by atoms with Gasteiger partial charge in [0, 0.05) is 6.54 Å². The first-order valence-electron chi connectivity index (χ1n) is 2.77. The van der Waals surface area contributed by atoms with Gasteiger partial charge in [-0.1, -0.05) is 0 Å². The number of aliphatic hydroxyl groups excluding tert-OH is 1. The monoisotopic (exact) mass is 150 g/mol. The molecular formula is C5H11ClN2O. The van der Waals surface area contributed by atoms with E-state index in [4.69, 9.17) is 5.11 Å². The van der Waals surface area contributed by atoms with Crippen LogP contribution in [0, 0.1) is 0 Å². The number of rotatable bonds is 1. The summed E-state index contributed by atoms with van der Waals surface area (Å²) >= 11 is 0. The molecule has 0 aliphatic carbocycles. The average Bonchev–Trinajstić information content (AvgIpc) is 2.12. The first-order chi connectivity index (χ1) is 3.80. The van der Waals surface area contributed by atoms with E-state index in [1.807, 2.05) is 0 Å². The number of halogens is 1. The molecule has 1 atom stereocenters. The third kappa shape index (κ3) is 2.20. The van der Waals surface area contributed by atoms with Crippen molar-refractivity contribution < 1.29 is 5.11 Å². The van der Waals surface area contributed by atoms with Gasteiger partial charge in [0.15, 0.2) is 0 Å². The van der Waals surface area contributed by atoms with Crippen LogP contribution >= 0.6 is 12.4 Å². The van der Waals surface area contributed by atoms with E-state index < -0.39 is 6.10 Å². The van der Waals surface area contributed by atoms with E-state index in [0.29, 0.717) is 0 Å². The van der Waals surface area contributed by atoms with Crippen LogP contribution < -0.4 is 5.32 Å². The summed E-state index contributed by atoms with van der Waals surface area (Å²) in [4.78, 5) is 3.99. The molecule has 4 heteroatoms. The molecule has 9 heavy (non-hydrogen) atoms. The minimum atomic E-state index is -0.419. The summed E-state index contributed by atoms with van der Waals surface area (Å²) in [5.74, 6) is 0.727. The summed E-state index contributed by atoms with van der Waals surface area (Å²) in [5.41, 5.74) is 0. The second-order valence-corrected chi connectivity index (χ2v) is 1.87. The highest BCUT2D eigenvalue weighted by molar-refractivity contribution is 5.87. The average molecular weight is 151 g/mol. The van der Waals surface area contributed by atoms with Crippen LogP contribution in [0.15, 0.2) is 4.99 Å². The van der Waals surface area contributed by atoms with Crippen molar-refractivity contribution in [2.24, 2.45) is 4.99 Å². The zero-order valence-corrected chi connectivity index (χ0v) is 6.11. The van der Waals surface area contributed by atoms with Crippen LogP contribution in [-0.2, 0) is 0 Å². The topological polar surface area (TPSA) is 44.6 Å². The Hall–Kier alpha value is -0.280. The molecule has 0 spiro atoms. The summed E-state index contributed by atoms with van der Waals surface area (Å²) < 4.78 is 0. The Kier molecular flexibility index (Phi) is 3.58. The van der Waals surface area contributed by atoms with E-state index in [1.54, 1.807) is 6.92 Å². The molecule has 1 heterocycles. The van der Waals surface area contributed by atoms with Crippen LogP contribution in [-0.4, -0.2) is 30.1 Å². The first-order valence-corrected chi connectivity index (χ1v) is 2.77. The van der Waals surface area contributed by atoms with Gasteiger partial charge in [0.25, 0.3) is 0 Å². The molecule has 0 saturated carbocycles. The van der Waals surface area contributed by atoms with Gasteiger partial charge in [-0.15, -0.1) is 12.4 Å². The highest BCUT2D eigenvalue weighted by atomic mass is 35.5. The molecule has 2 N–H and O–H groups in total. The molecule has 0 aromatic heterocycles. The lowest BCUT2D eigenvalue weighted by Crippen LogP contribution is -2.28. The van der Waals surface area contributed by atoms with Crippen molar-refractivity contribution in [1.29, 1.82) is 0 Å². The minimum Gasteiger partial charge on any atom is -0.386 e. The Morgan fingerprint density at radius 2 is 2.44 bits per heavy atom. The third-order valence-corrected chi connectivity index (χ3v) is 1.10. The molecule has 0 fully saturated rings. The largest absolute Gasteiger partial charge is 0.386 e. The lowest BCUT2D eigenvalue weighted by atomic mass is 10.4. The molecule has 0 aromatic carbocycles. The van der Waals surface area contributed by atoms with Crippen LogP contribution in [0.5, 0.6) is 0 Å². The summed E-state index contributed by atoms with van der Waals surface area (Å²) in [6, 6.07) is 0. The zero-order valence-electron chi connectivity index (χ0n) is 5.29. The Bertz CT molecular complexity index is 114. The van der Waals surface area contributed by atoms with Gasteiger partial charge in [-0.2, -0.15) is 0 Å². The van der Waals surface area contributed by atoms with Gasteiger partial charge in [0.1, 0.15) is 11.9 Å². The lowest BCUT2D eigenvalue weighted by molar-refractivity contribution is 0.259. The van der Waals surface area contributed by atoms with Gasteiger partial charge in [-0.05, 0) is 6.92 Å². The van der Waals surface area contributed by atoms with Crippen molar-refractivity contribution in [2.45, 2.75) is 13.0 Å². The predicted octanol–water partition coefficient (Wildman–Crippen LogP) is -0.209. The second-order valence-electron chi connectivity index (χ2n) is 1.87. The maximum absolute atomic E-state index is 8.86. The highest BCUT2D eigenvalue weighted by Gasteiger charge is 2.08. The predicted molar refractivity (Wildman–Crippen MR) is 39.2 cm³/mol. The van der Waals surface area contributed by atoms with Gasteiger partial charge >= 0.3 is 0 Å². The Morgan fingerprint density at radius 1 is 1.78 bits per heavy atom. The molecular weight excluding hydrogens is 140 g/mol. The molecule has 0 radical (unpaired) electrons. The van der Waals surface area contributed by atoms with E-state index in [9.17, 15) is 0 Å². The second kappa shape index (κ2) is 3.69. The highest BCUT2D eigenvalue weighted by Crippen LogP contribution is 1.89. The van der Waals surface area contributed by atoms with Gasteiger partial charge in [-0.3, -0.25) is 4.99 Å². The van der Waals surface area contributed by atoms with Gasteiger partial charge < -0.3 is 10.4 Å². The molecule has 1 aliphatic rings. The number of aliphatic hydroxyl groups is 1. The normalized spacial score (nSPS) is 19.6. The zero-order chi connectivity index (χ0) is 5.98. The van der Waals surface area contributed by atoms with E-state index in [2.05, 4.69) is 10.3 Å². The van der Waals surface area contributed by atoms with Crippen molar-refractivity contribution in [1.82, 2.24) is 5.32 Å². The van der Waals surface area contributed by atoms with Gasteiger partial charge in [-0.25, -0.2) is 0 Å². The van der Waals surface area contributed by atoms with Crippen molar-refractivity contribution in [3.8, 4) is 0 Å².